The summed E-state index contributed by atoms with van der Waals surface area (Å²) in [6.07, 6.45) is 2.59. The second kappa shape index (κ2) is 3.21. The molecule has 2 rings (SSSR count). The van der Waals surface area contributed by atoms with E-state index in [0.717, 1.165) is 17.6 Å². The van der Waals surface area contributed by atoms with Crippen molar-refractivity contribution in [2.75, 3.05) is 6.26 Å². The molecule has 0 fully saturated rings. The highest BCUT2D eigenvalue weighted by Crippen LogP contribution is 2.23. The molecule has 0 aromatic carbocycles. The van der Waals surface area contributed by atoms with E-state index in [-0.39, 0.29) is 4.34 Å². The summed E-state index contributed by atoms with van der Waals surface area (Å²) in [5.74, 6) is 0. The van der Waals surface area contributed by atoms with E-state index in [0.29, 0.717) is 15.1 Å². The Hall–Kier alpha value is -0.600. The zero-order chi connectivity index (χ0) is 10.3. The van der Waals surface area contributed by atoms with Gasteiger partial charge in [-0.3, -0.25) is 0 Å². The number of sulfone groups is 1. The summed E-state index contributed by atoms with van der Waals surface area (Å²) in [6, 6.07) is 0. The Morgan fingerprint density at radius 1 is 1.43 bits per heavy atom. The van der Waals surface area contributed by atoms with Crippen molar-refractivity contribution < 1.29 is 8.42 Å². The minimum Gasteiger partial charge on any atom is -0.232 e. The normalized spacial score (nSPS) is 12.1. The maximum Gasteiger partial charge on any atom is 0.213 e. The van der Waals surface area contributed by atoms with Crippen molar-refractivity contribution in [3.8, 4) is 0 Å². The summed E-state index contributed by atoms with van der Waals surface area (Å²) >= 11 is 4.16. The Labute approximate surface area is 92.3 Å². The van der Waals surface area contributed by atoms with Gasteiger partial charge in [-0.25, -0.2) is 23.4 Å². The molecule has 74 valence electrons. The molecule has 8 heteroatoms. The van der Waals surface area contributed by atoms with E-state index < -0.39 is 9.84 Å². The van der Waals surface area contributed by atoms with E-state index in [2.05, 4.69) is 30.9 Å². The first-order valence-electron chi connectivity index (χ1n) is 3.46. The van der Waals surface area contributed by atoms with Crippen LogP contribution >= 0.6 is 27.3 Å². The van der Waals surface area contributed by atoms with Crippen LogP contribution in [0.3, 0.4) is 0 Å². The number of halogens is 1. The third-order valence-electron chi connectivity index (χ3n) is 1.39. The van der Waals surface area contributed by atoms with Gasteiger partial charge in [-0.05, 0) is 15.9 Å². The monoisotopic (exact) mass is 293 g/mol. The van der Waals surface area contributed by atoms with Crippen LogP contribution in [0.25, 0.3) is 10.5 Å². The first-order chi connectivity index (χ1) is 6.47. The number of thiazole rings is 1. The van der Waals surface area contributed by atoms with Gasteiger partial charge in [-0.15, -0.1) is 0 Å². The van der Waals surface area contributed by atoms with E-state index in [9.17, 15) is 8.42 Å². The van der Waals surface area contributed by atoms with Gasteiger partial charge >= 0.3 is 0 Å². The highest BCUT2D eigenvalue weighted by atomic mass is 79.9. The minimum atomic E-state index is -3.27. The molecule has 5 nitrogen and oxygen atoms in total. The van der Waals surface area contributed by atoms with Crippen LogP contribution in [0.15, 0.2) is 15.1 Å². The highest BCUT2D eigenvalue weighted by molar-refractivity contribution is 9.10. The summed E-state index contributed by atoms with van der Waals surface area (Å²) in [7, 11) is -3.27. The number of aromatic nitrogens is 3. The van der Waals surface area contributed by atoms with E-state index >= 15 is 0 Å². The standard InChI is InChI=1S/C6H4BrN3O2S2/c1-14(11,12)6-10-4-5(13-6)9-3(7)2-8-4/h2H,1H3. The molecule has 0 N–H and O–H groups in total. The maximum absolute atomic E-state index is 11.2. The van der Waals surface area contributed by atoms with Gasteiger partial charge in [-0.2, -0.15) is 0 Å². The highest BCUT2D eigenvalue weighted by Gasteiger charge is 2.15. The van der Waals surface area contributed by atoms with Gasteiger partial charge in [0, 0.05) is 6.26 Å². The maximum atomic E-state index is 11.2. The van der Waals surface area contributed by atoms with Crippen molar-refractivity contribution in [1.29, 1.82) is 0 Å². The van der Waals surface area contributed by atoms with Crippen molar-refractivity contribution in [3.05, 3.63) is 10.8 Å². The number of hydrogen-bond donors (Lipinski definition) is 0. The van der Waals surface area contributed by atoms with Gasteiger partial charge in [0.1, 0.15) is 4.60 Å². The molecular weight excluding hydrogens is 290 g/mol. The van der Waals surface area contributed by atoms with Crippen molar-refractivity contribution in [1.82, 2.24) is 15.0 Å². The van der Waals surface area contributed by atoms with Crippen LogP contribution in [0.5, 0.6) is 0 Å². The lowest BCUT2D eigenvalue weighted by atomic mass is 10.7. The second-order valence-electron chi connectivity index (χ2n) is 2.57. The molecular formula is C6H4BrN3O2S2. The molecule has 0 atom stereocenters. The van der Waals surface area contributed by atoms with Crippen LogP contribution in [0, 0.1) is 0 Å². The molecule has 2 aromatic heterocycles. The summed E-state index contributed by atoms with van der Waals surface area (Å²) in [5.41, 5.74) is 0.360. The average molecular weight is 294 g/mol. The molecule has 0 aliphatic rings. The summed E-state index contributed by atoms with van der Waals surface area (Å²) < 4.78 is 22.9. The third kappa shape index (κ3) is 1.77. The van der Waals surface area contributed by atoms with Crippen LogP contribution in [-0.4, -0.2) is 29.6 Å². The average Bonchev–Trinajstić information content (AvgIpc) is 2.45. The van der Waals surface area contributed by atoms with Gasteiger partial charge in [0.15, 0.2) is 10.5 Å². The van der Waals surface area contributed by atoms with E-state index in [1.165, 1.54) is 6.20 Å². The lowest BCUT2D eigenvalue weighted by molar-refractivity contribution is 0.601. The summed E-state index contributed by atoms with van der Waals surface area (Å²) in [4.78, 5) is 12.4. The molecule has 0 unspecified atom stereocenters. The predicted octanol–water partition coefficient (Wildman–Crippen LogP) is 1.25. The van der Waals surface area contributed by atoms with Gasteiger partial charge in [-0.1, -0.05) is 11.3 Å². The van der Waals surface area contributed by atoms with Gasteiger partial charge in [0.25, 0.3) is 0 Å². The fourth-order valence-electron chi connectivity index (χ4n) is 0.841. The Morgan fingerprint density at radius 2 is 2.14 bits per heavy atom. The predicted molar refractivity (Wildman–Crippen MR) is 56.0 cm³/mol. The molecule has 0 aliphatic heterocycles. The minimum absolute atomic E-state index is 0.0469. The molecule has 0 aliphatic carbocycles. The van der Waals surface area contributed by atoms with Crippen molar-refractivity contribution in [3.63, 3.8) is 0 Å². The molecule has 2 aromatic rings. The van der Waals surface area contributed by atoms with E-state index in [1.807, 2.05) is 0 Å². The second-order valence-corrected chi connectivity index (χ2v) is 6.55. The number of nitrogens with zero attached hydrogens (tertiary/aromatic N) is 3. The topological polar surface area (TPSA) is 72.8 Å². The fraction of sp³-hybridized carbons (Fsp3) is 0.167. The smallest absolute Gasteiger partial charge is 0.213 e. The summed E-state index contributed by atoms with van der Waals surface area (Å²) in [6.45, 7) is 0. The van der Waals surface area contributed by atoms with Crippen LogP contribution in [0.1, 0.15) is 0 Å². The number of rotatable bonds is 1. The lowest BCUT2D eigenvalue weighted by Crippen LogP contribution is -1.95. The van der Waals surface area contributed by atoms with Gasteiger partial charge in [0.05, 0.1) is 6.20 Å². The quantitative estimate of drug-likeness (QED) is 0.791. The van der Waals surface area contributed by atoms with Crippen molar-refractivity contribution >= 4 is 47.6 Å². The Bertz CT molecular complexity index is 592. The molecule has 0 saturated heterocycles. The molecule has 0 spiro atoms. The lowest BCUT2D eigenvalue weighted by Gasteiger charge is -1.85. The third-order valence-corrected chi connectivity index (χ3v) is 4.39. The summed E-state index contributed by atoms with van der Waals surface area (Å²) in [5, 5.41) is 0. The zero-order valence-corrected chi connectivity index (χ0v) is 10.1. The number of fused-ring (bicyclic) bond motifs is 1. The Balaban J connectivity index is 2.75. The van der Waals surface area contributed by atoms with Gasteiger partial charge < -0.3 is 0 Å². The van der Waals surface area contributed by atoms with Crippen LogP contribution in [0.4, 0.5) is 0 Å². The van der Waals surface area contributed by atoms with Crippen LogP contribution in [-0.2, 0) is 9.84 Å². The molecule has 0 bridgehead atoms. The molecule has 0 amide bonds. The number of hydrogen-bond acceptors (Lipinski definition) is 6. The molecule has 0 saturated carbocycles. The molecule has 2 heterocycles. The Kier molecular flexibility index (Phi) is 2.28. The Morgan fingerprint density at radius 3 is 2.79 bits per heavy atom. The van der Waals surface area contributed by atoms with E-state index in [4.69, 9.17) is 0 Å². The molecule has 0 radical (unpaired) electrons. The SMILES string of the molecule is CS(=O)(=O)c1nc2ncc(Br)nc2s1. The zero-order valence-electron chi connectivity index (χ0n) is 6.93. The fourth-order valence-corrected chi connectivity index (χ4v) is 2.96. The molecule has 14 heavy (non-hydrogen) atoms. The van der Waals surface area contributed by atoms with Gasteiger partial charge in [0.2, 0.25) is 14.2 Å². The first kappa shape index (κ1) is 9.94. The van der Waals surface area contributed by atoms with Crippen LogP contribution < -0.4 is 0 Å². The van der Waals surface area contributed by atoms with Crippen LogP contribution in [0.2, 0.25) is 0 Å². The van der Waals surface area contributed by atoms with Crippen molar-refractivity contribution in [2.45, 2.75) is 4.34 Å². The van der Waals surface area contributed by atoms with E-state index in [1.54, 1.807) is 0 Å². The van der Waals surface area contributed by atoms with Crippen molar-refractivity contribution in [2.24, 2.45) is 0 Å². The largest absolute Gasteiger partial charge is 0.232 e. The first-order valence-corrected chi connectivity index (χ1v) is 6.96.